The van der Waals surface area contributed by atoms with Crippen LogP contribution >= 0.6 is 12.4 Å². The molecule has 0 aromatic heterocycles. The summed E-state index contributed by atoms with van der Waals surface area (Å²) in [5.74, 6) is -0.0798. The van der Waals surface area contributed by atoms with Crippen molar-refractivity contribution in [1.82, 2.24) is 4.90 Å². The van der Waals surface area contributed by atoms with Crippen LogP contribution in [0.2, 0.25) is 0 Å². The summed E-state index contributed by atoms with van der Waals surface area (Å²) < 4.78 is 5.48. The monoisotopic (exact) mass is 325 g/mol. The van der Waals surface area contributed by atoms with Crippen LogP contribution in [-0.4, -0.2) is 30.1 Å². The highest BCUT2D eigenvalue weighted by Gasteiger charge is 2.25. The van der Waals surface area contributed by atoms with Crippen molar-refractivity contribution in [3.05, 3.63) is 35.9 Å². The number of carbonyl (C=O) groups excluding carboxylic acids is 1. The molecule has 1 aromatic rings. The molecule has 1 aromatic carbocycles. The van der Waals surface area contributed by atoms with Gasteiger partial charge in [0.15, 0.2) is 0 Å². The number of esters is 1. The highest BCUT2D eigenvalue weighted by molar-refractivity contribution is 5.85. The molecule has 1 aliphatic rings. The zero-order chi connectivity index (χ0) is 15.1. The van der Waals surface area contributed by atoms with Crippen molar-refractivity contribution in [2.24, 2.45) is 0 Å². The molecule has 0 amide bonds. The minimum atomic E-state index is -0.0798. The first-order chi connectivity index (χ1) is 10.2. The Morgan fingerprint density at radius 2 is 1.82 bits per heavy atom. The summed E-state index contributed by atoms with van der Waals surface area (Å²) in [7, 11) is 0. The van der Waals surface area contributed by atoms with E-state index in [2.05, 4.69) is 17.0 Å². The van der Waals surface area contributed by atoms with Crippen LogP contribution in [0.3, 0.4) is 0 Å². The predicted octanol–water partition coefficient (Wildman–Crippen LogP) is 4.37. The molecule has 4 heteroatoms. The minimum Gasteiger partial charge on any atom is -0.463 e. The first-order valence-corrected chi connectivity index (χ1v) is 8.19. The third kappa shape index (κ3) is 5.62. The van der Waals surface area contributed by atoms with E-state index >= 15 is 0 Å². The van der Waals surface area contributed by atoms with E-state index in [9.17, 15) is 4.79 Å². The van der Waals surface area contributed by atoms with E-state index in [0.29, 0.717) is 6.42 Å². The van der Waals surface area contributed by atoms with E-state index in [1.54, 1.807) is 0 Å². The van der Waals surface area contributed by atoms with Gasteiger partial charge in [-0.15, -0.1) is 12.4 Å². The standard InChI is InChI=1S/C18H27NO2.ClH/c1-3-15(2)21-18(20)14-17(16-10-6-4-7-11-16)19-12-8-5-9-13-19;/h4,6-7,10-11,15,17H,3,5,8-9,12-14H2,1-2H3;1H. The molecular weight excluding hydrogens is 298 g/mol. The molecule has 1 saturated heterocycles. The molecule has 0 spiro atoms. The van der Waals surface area contributed by atoms with E-state index < -0.39 is 0 Å². The second-order valence-electron chi connectivity index (χ2n) is 5.94. The molecule has 1 heterocycles. The van der Waals surface area contributed by atoms with Crippen molar-refractivity contribution in [1.29, 1.82) is 0 Å². The summed E-state index contributed by atoms with van der Waals surface area (Å²) in [5.41, 5.74) is 1.22. The fraction of sp³-hybridized carbons (Fsp3) is 0.611. The normalized spacial score (nSPS) is 18.1. The molecule has 1 fully saturated rings. The van der Waals surface area contributed by atoms with Gasteiger partial charge in [-0.1, -0.05) is 43.7 Å². The van der Waals surface area contributed by atoms with E-state index in [4.69, 9.17) is 4.74 Å². The van der Waals surface area contributed by atoms with Gasteiger partial charge in [0.05, 0.1) is 12.5 Å². The SMILES string of the molecule is CCC(C)OC(=O)CC(c1ccccc1)N1CCCCC1.Cl. The summed E-state index contributed by atoms with van der Waals surface area (Å²) >= 11 is 0. The summed E-state index contributed by atoms with van der Waals surface area (Å²) in [5, 5.41) is 0. The van der Waals surface area contributed by atoms with Crippen LogP contribution in [-0.2, 0) is 9.53 Å². The quantitative estimate of drug-likeness (QED) is 0.727. The highest BCUT2D eigenvalue weighted by Crippen LogP contribution is 2.28. The fourth-order valence-electron chi connectivity index (χ4n) is 2.88. The zero-order valence-electron chi connectivity index (χ0n) is 13.7. The second-order valence-corrected chi connectivity index (χ2v) is 5.94. The smallest absolute Gasteiger partial charge is 0.307 e. The number of hydrogen-bond donors (Lipinski definition) is 0. The van der Waals surface area contributed by atoms with Gasteiger partial charge in [-0.05, 0) is 44.8 Å². The van der Waals surface area contributed by atoms with Crippen LogP contribution in [0.25, 0.3) is 0 Å². The summed E-state index contributed by atoms with van der Waals surface area (Å²) in [6, 6.07) is 10.5. The van der Waals surface area contributed by atoms with E-state index in [0.717, 1.165) is 19.5 Å². The molecule has 2 atom stereocenters. The van der Waals surface area contributed by atoms with Crippen molar-refractivity contribution in [3.8, 4) is 0 Å². The molecule has 1 aliphatic heterocycles. The number of likely N-dealkylation sites (tertiary alicyclic amines) is 1. The number of benzene rings is 1. The van der Waals surface area contributed by atoms with Gasteiger partial charge in [-0.3, -0.25) is 9.69 Å². The van der Waals surface area contributed by atoms with E-state index in [-0.39, 0.29) is 30.5 Å². The molecule has 3 nitrogen and oxygen atoms in total. The Balaban J connectivity index is 0.00000242. The minimum absolute atomic E-state index is 0. The number of halogens is 1. The molecule has 0 radical (unpaired) electrons. The number of ether oxygens (including phenoxy) is 1. The van der Waals surface area contributed by atoms with Crippen LogP contribution in [0, 0.1) is 0 Å². The zero-order valence-corrected chi connectivity index (χ0v) is 14.5. The molecule has 0 bridgehead atoms. The van der Waals surface area contributed by atoms with E-state index in [1.165, 1.54) is 24.8 Å². The van der Waals surface area contributed by atoms with Gasteiger partial charge in [-0.2, -0.15) is 0 Å². The molecule has 0 aliphatic carbocycles. The largest absolute Gasteiger partial charge is 0.463 e. The topological polar surface area (TPSA) is 29.5 Å². The summed E-state index contributed by atoms with van der Waals surface area (Å²) in [6.07, 6.45) is 5.08. The maximum Gasteiger partial charge on any atom is 0.307 e. The lowest BCUT2D eigenvalue weighted by Crippen LogP contribution is -2.35. The van der Waals surface area contributed by atoms with Crippen molar-refractivity contribution < 1.29 is 9.53 Å². The average molecular weight is 326 g/mol. The lowest BCUT2D eigenvalue weighted by Gasteiger charge is -2.34. The van der Waals surface area contributed by atoms with Crippen LogP contribution in [0.1, 0.15) is 57.6 Å². The molecule has 124 valence electrons. The average Bonchev–Trinajstić information content (AvgIpc) is 2.54. The lowest BCUT2D eigenvalue weighted by atomic mass is 9.99. The predicted molar refractivity (Wildman–Crippen MR) is 92.3 cm³/mol. The number of piperidine rings is 1. The Hall–Kier alpha value is -1.06. The van der Waals surface area contributed by atoms with Crippen molar-refractivity contribution >= 4 is 18.4 Å². The van der Waals surface area contributed by atoms with Gasteiger partial charge in [0.1, 0.15) is 0 Å². The van der Waals surface area contributed by atoms with Crippen LogP contribution in [0.4, 0.5) is 0 Å². The Bertz CT molecular complexity index is 432. The first-order valence-electron chi connectivity index (χ1n) is 8.19. The third-order valence-electron chi connectivity index (χ3n) is 4.28. The first kappa shape index (κ1) is 19.0. The van der Waals surface area contributed by atoms with Crippen LogP contribution in [0.5, 0.6) is 0 Å². The Labute approximate surface area is 140 Å². The van der Waals surface area contributed by atoms with Gasteiger partial charge in [0, 0.05) is 6.04 Å². The number of nitrogens with zero attached hydrogens (tertiary/aromatic N) is 1. The molecule has 2 rings (SSSR count). The van der Waals surface area contributed by atoms with Crippen molar-refractivity contribution in [2.75, 3.05) is 13.1 Å². The fourth-order valence-corrected chi connectivity index (χ4v) is 2.88. The summed E-state index contributed by atoms with van der Waals surface area (Å²) in [4.78, 5) is 14.6. The van der Waals surface area contributed by atoms with Gasteiger partial charge in [0.25, 0.3) is 0 Å². The Kier molecular flexibility index (Phi) is 8.51. The molecular formula is C18H28ClNO2. The van der Waals surface area contributed by atoms with Gasteiger partial charge in [0.2, 0.25) is 0 Å². The second kappa shape index (κ2) is 9.86. The Morgan fingerprint density at radius 3 is 2.41 bits per heavy atom. The number of rotatable bonds is 6. The van der Waals surface area contributed by atoms with Crippen LogP contribution < -0.4 is 0 Å². The molecule has 22 heavy (non-hydrogen) atoms. The number of carbonyl (C=O) groups is 1. The highest BCUT2D eigenvalue weighted by atomic mass is 35.5. The van der Waals surface area contributed by atoms with Crippen molar-refractivity contribution in [3.63, 3.8) is 0 Å². The number of hydrogen-bond acceptors (Lipinski definition) is 3. The lowest BCUT2D eigenvalue weighted by molar-refractivity contribution is -0.150. The molecule has 2 unspecified atom stereocenters. The van der Waals surface area contributed by atoms with Gasteiger partial charge < -0.3 is 4.74 Å². The van der Waals surface area contributed by atoms with Gasteiger partial charge >= 0.3 is 5.97 Å². The van der Waals surface area contributed by atoms with Crippen LogP contribution in [0.15, 0.2) is 30.3 Å². The van der Waals surface area contributed by atoms with Crippen molar-refractivity contribution in [2.45, 2.75) is 58.1 Å². The summed E-state index contributed by atoms with van der Waals surface area (Å²) in [6.45, 7) is 6.15. The van der Waals surface area contributed by atoms with E-state index in [1.807, 2.05) is 32.0 Å². The maximum absolute atomic E-state index is 12.2. The van der Waals surface area contributed by atoms with Gasteiger partial charge in [-0.25, -0.2) is 0 Å². The molecule has 0 N–H and O–H groups in total. The molecule has 0 saturated carbocycles. The third-order valence-corrected chi connectivity index (χ3v) is 4.28. The maximum atomic E-state index is 12.2. The Morgan fingerprint density at radius 1 is 1.18 bits per heavy atom.